The maximum absolute atomic E-state index is 13.0. The number of carbonyl (C=O) groups excluding carboxylic acids is 1. The number of aryl methyl sites for hydroxylation is 1. The lowest BCUT2D eigenvalue weighted by molar-refractivity contribution is 0.0897. The van der Waals surface area contributed by atoms with Crippen molar-refractivity contribution in [2.45, 2.75) is 69.1 Å². The minimum Gasteiger partial charge on any atom is -0.472 e. The Morgan fingerprint density at radius 1 is 1.16 bits per heavy atom. The molecule has 0 spiro atoms. The molecule has 1 aliphatic carbocycles. The van der Waals surface area contributed by atoms with Gasteiger partial charge in [0.15, 0.2) is 0 Å². The van der Waals surface area contributed by atoms with Crippen molar-refractivity contribution in [2.75, 3.05) is 6.54 Å². The predicted molar refractivity (Wildman–Crippen MR) is 119 cm³/mol. The van der Waals surface area contributed by atoms with Crippen molar-refractivity contribution in [1.29, 1.82) is 0 Å². The van der Waals surface area contributed by atoms with E-state index >= 15 is 0 Å². The number of nitrogens with zero attached hydrogens (tertiary/aromatic N) is 4. The van der Waals surface area contributed by atoms with Gasteiger partial charge in [-0.05, 0) is 50.3 Å². The third-order valence-electron chi connectivity index (χ3n) is 7.86. The highest BCUT2D eigenvalue weighted by molar-refractivity contribution is 5.91. The van der Waals surface area contributed by atoms with Crippen LogP contribution < -0.4 is 5.32 Å². The second-order valence-electron chi connectivity index (χ2n) is 9.54. The van der Waals surface area contributed by atoms with Crippen LogP contribution in [-0.4, -0.2) is 44.2 Å². The molecule has 2 aliphatic heterocycles. The van der Waals surface area contributed by atoms with Crippen LogP contribution in [0, 0.1) is 0 Å². The number of furan rings is 1. The summed E-state index contributed by atoms with van der Waals surface area (Å²) in [6, 6.07) is 13.5. The molecule has 6 rings (SSSR count). The highest BCUT2D eigenvalue weighted by atomic mass is 16.3. The van der Waals surface area contributed by atoms with E-state index in [1.165, 1.54) is 17.5 Å². The normalized spacial score (nSPS) is 25.6. The molecular formula is C25H29N5O2. The summed E-state index contributed by atoms with van der Waals surface area (Å²) in [4.78, 5) is 15.6. The molecule has 2 atom stereocenters. The SMILES string of the molecule is O=C(NC1CCC1)c1nnc2n1C[C@@H]1N(Cc3ccoc3)CC[C@@]1(c1ccccc1)CC2. The van der Waals surface area contributed by atoms with Gasteiger partial charge >= 0.3 is 0 Å². The lowest BCUT2D eigenvalue weighted by Crippen LogP contribution is -2.45. The first-order valence-electron chi connectivity index (χ1n) is 11.8. The predicted octanol–water partition coefficient (Wildman–Crippen LogP) is 3.31. The van der Waals surface area contributed by atoms with E-state index in [4.69, 9.17) is 4.42 Å². The Morgan fingerprint density at radius 3 is 2.78 bits per heavy atom. The smallest absolute Gasteiger partial charge is 0.289 e. The number of rotatable bonds is 5. The summed E-state index contributed by atoms with van der Waals surface area (Å²) in [5.41, 5.74) is 2.61. The van der Waals surface area contributed by atoms with Crippen LogP contribution in [0.2, 0.25) is 0 Å². The van der Waals surface area contributed by atoms with Gasteiger partial charge in [-0.3, -0.25) is 9.69 Å². The van der Waals surface area contributed by atoms with Gasteiger partial charge in [0.1, 0.15) is 5.82 Å². The fourth-order valence-electron chi connectivity index (χ4n) is 5.84. The van der Waals surface area contributed by atoms with Crippen LogP contribution in [0.4, 0.5) is 0 Å². The summed E-state index contributed by atoms with van der Waals surface area (Å²) in [6.45, 7) is 2.59. The molecule has 0 bridgehead atoms. The molecule has 32 heavy (non-hydrogen) atoms. The van der Waals surface area contributed by atoms with Gasteiger partial charge in [0.25, 0.3) is 5.91 Å². The molecule has 4 heterocycles. The molecule has 3 aromatic rings. The molecule has 1 saturated carbocycles. The van der Waals surface area contributed by atoms with E-state index < -0.39 is 0 Å². The maximum Gasteiger partial charge on any atom is 0.289 e. The minimum atomic E-state index is -0.0833. The lowest BCUT2D eigenvalue weighted by atomic mass is 9.71. The number of benzene rings is 1. The molecule has 166 valence electrons. The quantitative estimate of drug-likeness (QED) is 0.671. The van der Waals surface area contributed by atoms with Gasteiger partial charge in [-0.15, -0.1) is 10.2 Å². The summed E-state index contributed by atoms with van der Waals surface area (Å²) in [5.74, 6) is 1.31. The van der Waals surface area contributed by atoms with Crippen LogP contribution in [0.5, 0.6) is 0 Å². The Bertz CT molecular complexity index is 1090. The van der Waals surface area contributed by atoms with Crippen molar-refractivity contribution >= 4 is 5.91 Å². The molecule has 7 nitrogen and oxygen atoms in total. The van der Waals surface area contributed by atoms with Crippen molar-refractivity contribution in [3.8, 4) is 0 Å². The first-order valence-corrected chi connectivity index (χ1v) is 11.8. The fourth-order valence-corrected chi connectivity index (χ4v) is 5.84. The Morgan fingerprint density at radius 2 is 2.03 bits per heavy atom. The summed E-state index contributed by atoms with van der Waals surface area (Å²) < 4.78 is 7.43. The zero-order valence-electron chi connectivity index (χ0n) is 18.2. The van der Waals surface area contributed by atoms with Gasteiger partial charge in [-0.1, -0.05) is 30.3 Å². The number of likely N-dealkylation sites (tertiary alicyclic amines) is 1. The van der Waals surface area contributed by atoms with Gasteiger partial charge in [-0.25, -0.2) is 0 Å². The van der Waals surface area contributed by atoms with Crippen molar-refractivity contribution in [3.63, 3.8) is 0 Å². The summed E-state index contributed by atoms with van der Waals surface area (Å²) in [6.07, 6.45) is 9.82. The van der Waals surface area contributed by atoms with E-state index in [0.717, 1.165) is 57.6 Å². The molecule has 2 fully saturated rings. The highest BCUT2D eigenvalue weighted by Crippen LogP contribution is 2.46. The third kappa shape index (κ3) is 3.26. The van der Waals surface area contributed by atoms with E-state index in [9.17, 15) is 4.79 Å². The van der Waals surface area contributed by atoms with Crippen molar-refractivity contribution in [2.24, 2.45) is 0 Å². The number of amides is 1. The van der Waals surface area contributed by atoms with Crippen molar-refractivity contribution in [3.05, 3.63) is 71.7 Å². The Balaban J connectivity index is 1.36. The molecular weight excluding hydrogens is 402 g/mol. The minimum absolute atomic E-state index is 0.0351. The molecule has 0 unspecified atom stereocenters. The van der Waals surface area contributed by atoms with Crippen molar-refractivity contribution in [1.82, 2.24) is 25.0 Å². The van der Waals surface area contributed by atoms with Crippen LogP contribution >= 0.6 is 0 Å². The number of nitrogens with one attached hydrogen (secondary N) is 1. The topological polar surface area (TPSA) is 76.2 Å². The molecule has 1 amide bonds. The average Bonchev–Trinajstić information content (AvgIpc) is 3.50. The lowest BCUT2D eigenvalue weighted by Gasteiger charge is -2.37. The number of aromatic nitrogens is 3. The van der Waals surface area contributed by atoms with Gasteiger partial charge in [-0.2, -0.15) is 0 Å². The van der Waals surface area contributed by atoms with Crippen LogP contribution in [0.15, 0.2) is 53.3 Å². The Kier molecular flexibility index (Phi) is 4.86. The summed E-state index contributed by atoms with van der Waals surface area (Å²) in [5, 5.41) is 11.9. The van der Waals surface area contributed by atoms with Crippen LogP contribution in [0.3, 0.4) is 0 Å². The van der Waals surface area contributed by atoms with Crippen molar-refractivity contribution < 1.29 is 9.21 Å². The number of hydrogen-bond acceptors (Lipinski definition) is 5. The third-order valence-corrected chi connectivity index (χ3v) is 7.86. The first-order chi connectivity index (χ1) is 15.7. The van der Waals surface area contributed by atoms with Crippen LogP contribution in [0.1, 0.15) is 59.7 Å². The Labute approximate surface area is 187 Å². The van der Waals surface area contributed by atoms with E-state index in [1.807, 2.05) is 12.3 Å². The largest absolute Gasteiger partial charge is 0.472 e. The monoisotopic (exact) mass is 431 g/mol. The van der Waals surface area contributed by atoms with Gasteiger partial charge in [0, 0.05) is 42.6 Å². The number of hydrogen-bond donors (Lipinski definition) is 1. The van der Waals surface area contributed by atoms with Gasteiger partial charge in [0.05, 0.1) is 12.5 Å². The molecule has 1 saturated heterocycles. The molecule has 1 N–H and O–H groups in total. The molecule has 0 radical (unpaired) electrons. The number of carbonyl (C=O) groups is 1. The first kappa shape index (κ1) is 19.7. The van der Waals surface area contributed by atoms with E-state index in [2.05, 4.69) is 55.3 Å². The fraction of sp³-hybridized carbons (Fsp3) is 0.480. The summed E-state index contributed by atoms with van der Waals surface area (Å²) in [7, 11) is 0. The average molecular weight is 432 g/mol. The standard InChI is InChI=1S/C25H29N5O2/c31-24(26-20-7-4-8-20)23-28-27-22-9-11-25(19-5-2-1-3-6-19)12-13-29(21(25)16-30(22)23)15-18-10-14-32-17-18/h1-3,5-6,10,14,17,20-21H,4,7-9,11-13,15-16H2,(H,26,31)/t21-,25+/m0/s1. The molecule has 7 heteroatoms. The number of fused-ring (bicyclic) bond motifs is 2. The molecule has 1 aromatic carbocycles. The maximum atomic E-state index is 13.0. The van der Waals surface area contributed by atoms with E-state index in [0.29, 0.717) is 5.82 Å². The van der Waals surface area contributed by atoms with E-state index in [1.54, 1.807) is 6.26 Å². The highest BCUT2D eigenvalue weighted by Gasteiger charge is 2.50. The Hall–Kier alpha value is -2.93. The van der Waals surface area contributed by atoms with Gasteiger partial charge in [0.2, 0.25) is 5.82 Å². The summed E-state index contributed by atoms with van der Waals surface area (Å²) >= 11 is 0. The zero-order chi connectivity index (χ0) is 21.5. The van der Waals surface area contributed by atoms with E-state index in [-0.39, 0.29) is 23.4 Å². The zero-order valence-corrected chi connectivity index (χ0v) is 18.2. The van der Waals surface area contributed by atoms with Gasteiger partial charge < -0.3 is 14.3 Å². The molecule has 3 aliphatic rings. The van der Waals surface area contributed by atoms with Crippen LogP contribution in [0.25, 0.3) is 0 Å². The van der Waals surface area contributed by atoms with Crippen LogP contribution in [-0.2, 0) is 24.9 Å². The second-order valence-corrected chi connectivity index (χ2v) is 9.54. The second kappa shape index (κ2) is 7.89. The molecule has 2 aromatic heterocycles.